The lowest BCUT2D eigenvalue weighted by molar-refractivity contribution is 0.549. The third-order valence-electron chi connectivity index (χ3n) is 6.25. The number of anilines is 2. The molecule has 7 heteroatoms. The first-order chi connectivity index (χ1) is 16.4. The van der Waals surface area contributed by atoms with Crippen molar-refractivity contribution in [2.75, 3.05) is 23.9 Å². The summed E-state index contributed by atoms with van der Waals surface area (Å²) in [5.74, 6) is 0. The van der Waals surface area contributed by atoms with Crippen LogP contribution in [-0.4, -0.2) is 28.8 Å². The van der Waals surface area contributed by atoms with Crippen molar-refractivity contribution in [2.45, 2.75) is 19.0 Å². The summed E-state index contributed by atoms with van der Waals surface area (Å²) in [7, 11) is 4.08. The SMILES string of the molecule is Cc1cc(-n2cccc2[C@H]2[C@@H](c3ccccn3)NC(=S)N2c2ccc(N(C)C)cc2)ccc1Cl. The Kier molecular flexibility index (Phi) is 6.02. The number of pyridine rings is 1. The molecule has 0 saturated carbocycles. The first kappa shape index (κ1) is 22.4. The molecule has 2 aromatic carbocycles. The van der Waals surface area contributed by atoms with E-state index in [9.17, 15) is 0 Å². The van der Waals surface area contributed by atoms with Crippen molar-refractivity contribution in [3.05, 3.63) is 107 Å². The number of benzene rings is 2. The lowest BCUT2D eigenvalue weighted by atomic mass is 10.0. The van der Waals surface area contributed by atoms with E-state index in [2.05, 4.69) is 73.3 Å². The van der Waals surface area contributed by atoms with Gasteiger partial charge in [-0.15, -0.1) is 0 Å². The van der Waals surface area contributed by atoms with Crippen LogP contribution in [-0.2, 0) is 0 Å². The second kappa shape index (κ2) is 9.12. The van der Waals surface area contributed by atoms with E-state index in [4.69, 9.17) is 23.8 Å². The molecule has 1 N–H and O–H groups in total. The first-order valence-electron chi connectivity index (χ1n) is 11.2. The minimum atomic E-state index is -0.107. The number of nitrogens with zero attached hydrogens (tertiary/aromatic N) is 4. The fraction of sp³-hybridized carbons (Fsp3) is 0.185. The van der Waals surface area contributed by atoms with Crippen molar-refractivity contribution in [1.82, 2.24) is 14.9 Å². The van der Waals surface area contributed by atoms with E-state index in [0.717, 1.165) is 39.0 Å². The Hall–Kier alpha value is -3.35. The quantitative estimate of drug-likeness (QED) is 0.345. The summed E-state index contributed by atoms with van der Waals surface area (Å²) in [5, 5.41) is 4.98. The van der Waals surface area contributed by atoms with Crippen molar-refractivity contribution in [2.24, 2.45) is 0 Å². The van der Waals surface area contributed by atoms with Gasteiger partial charge in [-0.25, -0.2) is 0 Å². The van der Waals surface area contributed by atoms with Gasteiger partial charge in [0.2, 0.25) is 0 Å². The third-order valence-corrected chi connectivity index (χ3v) is 6.98. The number of aromatic nitrogens is 2. The summed E-state index contributed by atoms with van der Waals surface area (Å²) in [5.41, 5.74) is 6.33. The molecule has 0 aliphatic carbocycles. The molecule has 1 aliphatic rings. The molecule has 1 aliphatic heterocycles. The normalized spacial score (nSPS) is 17.6. The smallest absolute Gasteiger partial charge is 0.174 e. The highest BCUT2D eigenvalue weighted by Gasteiger charge is 2.42. The summed E-state index contributed by atoms with van der Waals surface area (Å²) in [4.78, 5) is 8.95. The van der Waals surface area contributed by atoms with Gasteiger partial charge in [0, 0.05) is 54.3 Å². The molecule has 0 radical (unpaired) electrons. The molecule has 1 fully saturated rings. The minimum Gasteiger partial charge on any atom is -0.378 e. The van der Waals surface area contributed by atoms with Gasteiger partial charge in [0.15, 0.2) is 5.11 Å². The third kappa shape index (κ3) is 4.04. The molecule has 5 rings (SSSR count). The zero-order valence-corrected chi connectivity index (χ0v) is 20.9. The van der Waals surface area contributed by atoms with E-state index < -0.39 is 0 Å². The Morgan fingerprint density at radius 3 is 2.41 bits per heavy atom. The second-order valence-corrected chi connectivity index (χ2v) is 9.44. The minimum absolute atomic E-state index is 0.0985. The molecular formula is C27H26ClN5S. The van der Waals surface area contributed by atoms with Gasteiger partial charge >= 0.3 is 0 Å². The molecule has 172 valence electrons. The number of hydrogen-bond donors (Lipinski definition) is 1. The molecule has 3 heterocycles. The number of hydrogen-bond acceptors (Lipinski definition) is 3. The van der Waals surface area contributed by atoms with Gasteiger partial charge in [-0.05, 0) is 91.4 Å². The van der Waals surface area contributed by atoms with Crippen LogP contribution in [0.15, 0.2) is 85.2 Å². The van der Waals surface area contributed by atoms with Crippen molar-refractivity contribution in [3.63, 3.8) is 0 Å². The fourth-order valence-electron chi connectivity index (χ4n) is 4.49. The highest BCUT2D eigenvalue weighted by molar-refractivity contribution is 7.80. The van der Waals surface area contributed by atoms with Crippen LogP contribution in [0.2, 0.25) is 5.02 Å². The average molecular weight is 488 g/mol. The Morgan fingerprint density at radius 1 is 0.971 bits per heavy atom. The Morgan fingerprint density at radius 2 is 1.74 bits per heavy atom. The summed E-state index contributed by atoms with van der Waals surface area (Å²) in [6, 6.07) is 24.6. The number of halogens is 1. The summed E-state index contributed by atoms with van der Waals surface area (Å²) >= 11 is 12.2. The van der Waals surface area contributed by atoms with Crippen LogP contribution in [0.1, 0.15) is 29.0 Å². The standard InChI is InChI=1S/C27H26ClN5S/c1-18-17-21(13-14-22(18)28)32-16-6-8-24(32)26-25(23-7-4-5-15-29-23)30-27(34)33(26)20-11-9-19(10-12-20)31(2)3/h4-17,25-26H,1-3H3,(H,30,34)/t25-,26+/m1/s1. The molecule has 4 aromatic rings. The Labute approximate surface area is 210 Å². The van der Waals surface area contributed by atoms with E-state index in [1.54, 1.807) is 0 Å². The predicted octanol–water partition coefficient (Wildman–Crippen LogP) is 6.08. The highest BCUT2D eigenvalue weighted by Crippen LogP contribution is 2.42. The fourth-order valence-corrected chi connectivity index (χ4v) is 4.96. The zero-order chi connectivity index (χ0) is 23.8. The molecule has 0 spiro atoms. The van der Waals surface area contributed by atoms with Crippen LogP contribution in [0.25, 0.3) is 5.69 Å². The summed E-state index contributed by atoms with van der Waals surface area (Å²) < 4.78 is 2.21. The van der Waals surface area contributed by atoms with Crippen LogP contribution < -0.4 is 15.1 Å². The number of aryl methyl sites for hydroxylation is 1. The van der Waals surface area contributed by atoms with E-state index in [1.807, 2.05) is 57.5 Å². The van der Waals surface area contributed by atoms with Gasteiger partial charge in [0.1, 0.15) is 6.04 Å². The maximum Gasteiger partial charge on any atom is 0.174 e. The topological polar surface area (TPSA) is 36.3 Å². The molecule has 34 heavy (non-hydrogen) atoms. The zero-order valence-electron chi connectivity index (χ0n) is 19.3. The molecule has 2 atom stereocenters. The first-order valence-corrected chi connectivity index (χ1v) is 11.9. The van der Waals surface area contributed by atoms with E-state index >= 15 is 0 Å². The van der Waals surface area contributed by atoms with Crippen LogP contribution >= 0.6 is 23.8 Å². The largest absolute Gasteiger partial charge is 0.378 e. The van der Waals surface area contributed by atoms with Crippen LogP contribution in [0.3, 0.4) is 0 Å². The average Bonchev–Trinajstić information content (AvgIpc) is 3.45. The van der Waals surface area contributed by atoms with E-state index in [0.29, 0.717) is 5.11 Å². The van der Waals surface area contributed by atoms with Gasteiger partial charge in [0.05, 0.1) is 11.7 Å². The van der Waals surface area contributed by atoms with Gasteiger partial charge in [-0.3, -0.25) is 4.98 Å². The van der Waals surface area contributed by atoms with Gasteiger partial charge in [0.25, 0.3) is 0 Å². The maximum atomic E-state index is 6.31. The van der Waals surface area contributed by atoms with Gasteiger partial charge < -0.3 is 19.7 Å². The molecular weight excluding hydrogens is 462 g/mol. The Balaban J connectivity index is 1.64. The summed E-state index contributed by atoms with van der Waals surface area (Å²) in [6.45, 7) is 2.02. The molecule has 0 unspecified atom stereocenters. The van der Waals surface area contributed by atoms with Gasteiger partial charge in [-0.2, -0.15) is 0 Å². The lowest BCUT2D eigenvalue weighted by Crippen LogP contribution is -2.30. The Bertz CT molecular complexity index is 1320. The molecule has 2 aromatic heterocycles. The van der Waals surface area contributed by atoms with E-state index in [-0.39, 0.29) is 12.1 Å². The lowest BCUT2D eigenvalue weighted by Gasteiger charge is -2.29. The van der Waals surface area contributed by atoms with Crippen molar-refractivity contribution >= 4 is 40.3 Å². The summed E-state index contributed by atoms with van der Waals surface area (Å²) in [6.07, 6.45) is 3.91. The number of thiocarbonyl (C=S) groups is 1. The van der Waals surface area contributed by atoms with Crippen LogP contribution in [0, 0.1) is 6.92 Å². The van der Waals surface area contributed by atoms with Crippen LogP contribution in [0.5, 0.6) is 0 Å². The molecule has 0 amide bonds. The molecule has 0 bridgehead atoms. The monoisotopic (exact) mass is 487 g/mol. The highest BCUT2D eigenvalue weighted by atomic mass is 35.5. The number of nitrogens with one attached hydrogen (secondary N) is 1. The maximum absolute atomic E-state index is 6.31. The number of rotatable bonds is 5. The van der Waals surface area contributed by atoms with Crippen LogP contribution in [0.4, 0.5) is 11.4 Å². The molecule has 5 nitrogen and oxygen atoms in total. The second-order valence-electron chi connectivity index (χ2n) is 8.64. The van der Waals surface area contributed by atoms with Gasteiger partial charge in [-0.1, -0.05) is 17.7 Å². The van der Waals surface area contributed by atoms with Crippen molar-refractivity contribution in [3.8, 4) is 5.69 Å². The predicted molar refractivity (Wildman–Crippen MR) is 144 cm³/mol. The molecule has 1 saturated heterocycles. The van der Waals surface area contributed by atoms with Crippen molar-refractivity contribution < 1.29 is 0 Å². The van der Waals surface area contributed by atoms with Crippen molar-refractivity contribution in [1.29, 1.82) is 0 Å². The van der Waals surface area contributed by atoms with E-state index in [1.165, 1.54) is 0 Å².